The number of esters is 1. The van der Waals surface area contributed by atoms with Crippen LogP contribution in [-0.4, -0.2) is 30.3 Å². The average Bonchev–Trinajstić information content (AvgIpc) is 2.63. The predicted molar refractivity (Wildman–Crippen MR) is 99.7 cm³/mol. The number of carbonyl (C=O) groups is 1. The molecule has 2 aromatic rings. The third kappa shape index (κ3) is 5.30. The zero-order valence-corrected chi connectivity index (χ0v) is 14.8. The van der Waals surface area contributed by atoms with Crippen LogP contribution in [0.4, 0.5) is 0 Å². The van der Waals surface area contributed by atoms with Crippen molar-refractivity contribution in [1.82, 2.24) is 5.32 Å². The van der Waals surface area contributed by atoms with Gasteiger partial charge in [-0.3, -0.25) is 4.79 Å². The second-order valence-electron chi connectivity index (χ2n) is 6.22. The molecule has 134 valence electrons. The number of ether oxygens (including phenoxy) is 1. The molecule has 1 saturated heterocycles. The number of hydrogen-bond donors (Lipinski definition) is 2. The molecule has 4 nitrogen and oxygen atoms in total. The standard InChI is InChI=1S/C20H23NO3.ClH/c22-18-14-21-12-11-17(18)13-19(23)24-20(15-7-3-1-4-8-15)16-9-5-2-6-10-16;/h1-10,17-18,20-22H,11-14H2;1H. The quantitative estimate of drug-likeness (QED) is 0.803. The summed E-state index contributed by atoms with van der Waals surface area (Å²) < 4.78 is 5.80. The van der Waals surface area contributed by atoms with E-state index in [9.17, 15) is 9.90 Å². The van der Waals surface area contributed by atoms with Gasteiger partial charge in [-0.15, -0.1) is 12.4 Å². The fourth-order valence-corrected chi connectivity index (χ4v) is 3.11. The molecule has 2 aromatic carbocycles. The van der Waals surface area contributed by atoms with Gasteiger partial charge in [-0.2, -0.15) is 0 Å². The Bertz CT molecular complexity index is 611. The molecule has 1 aliphatic heterocycles. The van der Waals surface area contributed by atoms with Crippen LogP contribution in [-0.2, 0) is 9.53 Å². The first-order valence-electron chi connectivity index (χ1n) is 8.42. The molecule has 1 aliphatic rings. The van der Waals surface area contributed by atoms with Crippen molar-refractivity contribution in [3.8, 4) is 0 Å². The molecule has 0 amide bonds. The number of aliphatic hydroxyl groups is 1. The predicted octanol–water partition coefficient (Wildman–Crippen LogP) is 3.10. The second-order valence-corrected chi connectivity index (χ2v) is 6.22. The van der Waals surface area contributed by atoms with Crippen molar-refractivity contribution in [3.63, 3.8) is 0 Å². The fourth-order valence-electron chi connectivity index (χ4n) is 3.11. The van der Waals surface area contributed by atoms with Gasteiger partial charge in [0, 0.05) is 6.54 Å². The third-order valence-electron chi connectivity index (χ3n) is 4.47. The van der Waals surface area contributed by atoms with Gasteiger partial charge in [0.25, 0.3) is 0 Å². The van der Waals surface area contributed by atoms with Crippen LogP contribution in [0.2, 0.25) is 0 Å². The number of rotatable bonds is 5. The summed E-state index contributed by atoms with van der Waals surface area (Å²) in [4.78, 5) is 12.5. The largest absolute Gasteiger partial charge is 0.453 e. The Morgan fingerprint density at radius 2 is 1.64 bits per heavy atom. The molecule has 1 fully saturated rings. The summed E-state index contributed by atoms with van der Waals surface area (Å²) in [5, 5.41) is 13.1. The van der Waals surface area contributed by atoms with E-state index in [1.54, 1.807) is 0 Å². The summed E-state index contributed by atoms with van der Waals surface area (Å²) in [6, 6.07) is 19.5. The highest BCUT2D eigenvalue weighted by molar-refractivity contribution is 5.85. The molecular weight excluding hydrogens is 338 g/mol. The highest BCUT2D eigenvalue weighted by Gasteiger charge is 2.27. The molecule has 0 aliphatic carbocycles. The van der Waals surface area contributed by atoms with Gasteiger partial charge < -0.3 is 15.2 Å². The highest BCUT2D eigenvalue weighted by atomic mass is 35.5. The highest BCUT2D eigenvalue weighted by Crippen LogP contribution is 2.27. The van der Waals surface area contributed by atoms with Gasteiger partial charge in [-0.25, -0.2) is 0 Å². The second kappa shape index (κ2) is 9.56. The Kier molecular flexibility index (Phi) is 7.44. The lowest BCUT2D eigenvalue weighted by Crippen LogP contribution is -2.41. The van der Waals surface area contributed by atoms with Crippen molar-refractivity contribution in [2.75, 3.05) is 13.1 Å². The minimum Gasteiger partial charge on any atom is -0.453 e. The molecule has 3 rings (SSSR count). The Morgan fingerprint density at radius 1 is 1.08 bits per heavy atom. The summed E-state index contributed by atoms with van der Waals surface area (Å²) in [5.74, 6) is -0.301. The molecule has 2 N–H and O–H groups in total. The zero-order chi connectivity index (χ0) is 16.8. The van der Waals surface area contributed by atoms with Crippen LogP contribution in [0.1, 0.15) is 30.1 Å². The average molecular weight is 362 g/mol. The summed E-state index contributed by atoms with van der Waals surface area (Å²) in [6.45, 7) is 1.37. The van der Waals surface area contributed by atoms with E-state index < -0.39 is 12.2 Å². The van der Waals surface area contributed by atoms with E-state index in [4.69, 9.17) is 4.74 Å². The van der Waals surface area contributed by atoms with E-state index in [1.807, 2.05) is 60.7 Å². The van der Waals surface area contributed by atoms with E-state index in [0.29, 0.717) is 6.54 Å². The minimum absolute atomic E-state index is 0. The zero-order valence-electron chi connectivity index (χ0n) is 14.0. The summed E-state index contributed by atoms with van der Waals surface area (Å²) in [5.41, 5.74) is 1.89. The number of benzene rings is 2. The molecule has 2 unspecified atom stereocenters. The van der Waals surface area contributed by atoms with Gasteiger partial charge in [0.1, 0.15) is 0 Å². The van der Waals surface area contributed by atoms with Gasteiger partial charge in [0.05, 0.1) is 12.5 Å². The maximum atomic E-state index is 12.5. The molecule has 5 heteroatoms. The van der Waals surface area contributed by atoms with Gasteiger partial charge in [0.15, 0.2) is 6.10 Å². The Hall–Kier alpha value is -1.88. The number of aliphatic hydroxyl groups excluding tert-OH is 1. The number of hydrogen-bond acceptors (Lipinski definition) is 4. The minimum atomic E-state index is -0.488. The SMILES string of the molecule is Cl.O=C(CC1CCNCC1O)OC(c1ccccc1)c1ccccc1. The Labute approximate surface area is 154 Å². The van der Waals surface area contributed by atoms with E-state index in [-0.39, 0.29) is 30.7 Å². The van der Waals surface area contributed by atoms with Crippen molar-refractivity contribution < 1.29 is 14.6 Å². The Morgan fingerprint density at radius 3 is 2.16 bits per heavy atom. The maximum absolute atomic E-state index is 12.5. The normalized spacial score (nSPS) is 19.9. The number of piperidine rings is 1. The van der Waals surface area contributed by atoms with Gasteiger partial charge in [-0.1, -0.05) is 60.7 Å². The third-order valence-corrected chi connectivity index (χ3v) is 4.47. The monoisotopic (exact) mass is 361 g/mol. The van der Waals surface area contributed by atoms with E-state index in [0.717, 1.165) is 24.1 Å². The number of β-amino-alcohol motifs (C(OH)–C–C–N with tert-alkyl or cyclic N) is 1. The first kappa shape index (κ1) is 19.4. The first-order valence-corrected chi connectivity index (χ1v) is 8.42. The van der Waals surface area contributed by atoms with Crippen molar-refractivity contribution >= 4 is 18.4 Å². The molecule has 0 saturated carbocycles. The van der Waals surface area contributed by atoms with Crippen LogP contribution in [0.3, 0.4) is 0 Å². The van der Waals surface area contributed by atoms with Crippen LogP contribution in [0.25, 0.3) is 0 Å². The maximum Gasteiger partial charge on any atom is 0.307 e. The lowest BCUT2D eigenvalue weighted by molar-refractivity contribution is -0.150. The van der Waals surface area contributed by atoms with Crippen molar-refractivity contribution in [3.05, 3.63) is 71.8 Å². The van der Waals surface area contributed by atoms with Gasteiger partial charge in [-0.05, 0) is 30.0 Å². The molecule has 1 heterocycles. The van der Waals surface area contributed by atoms with Crippen molar-refractivity contribution in [1.29, 1.82) is 0 Å². The van der Waals surface area contributed by atoms with Crippen LogP contribution < -0.4 is 5.32 Å². The van der Waals surface area contributed by atoms with E-state index in [2.05, 4.69) is 5.32 Å². The van der Waals surface area contributed by atoms with Crippen LogP contribution >= 0.6 is 12.4 Å². The lowest BCUT2D eigenvalue weighted by atomic mass is 9.92. The topological polar surface area (TPSA) is 58.6 Å². The molecule has 2 atom stereocenters. The van der Waals surface area contributed by atoms with Crippen LogP contribution in [0, 0.1) is 5.92 Å². The lowest BCUT2D eigenvalue weighted by Gasteiger charge is -2.28. The van der Waals surface area contributed by atoms with Crippen molar-refractivity contribution in [2.24, 2.45) is 5.92 Å². The first-order chi connectivity index (χ1) is 11.7. The molecular formula is C20H24ClNO3. The smallest absolute Gasteiger partial charge is 0.307 e. The fraction of sp³-hybridized carbons (Fsp3) is 0.350. The number of carbonyl (C=O) groups excluding carboxylic acids is 1. The Balaban J connectivity index is 0.00000225. The summed E-state index contributed by atoms with van der Waals surface area (Å²) in [6.07, 6.45) is 0.133. The number of halogens is 1. The van der Waals surface area contributed by atoms with Crippen molar-refractivity contribution in [2.45, 2.75) is 25.0 Å². The van der Waals surface area contributed by atoms with Gasteiger partial charge in [0.2, 0.25) is 0 Å². The van der Waals surface area contributed by atoms with Crippen LogP contribution in [0.5, 0.6) is 0 Å². The van der Waals surface area contributed by atoms with E-state index in [1.165, 1.54) is 0 Å². The molecule has 0 bridgehead atoms. The summed E-state index contributed by atoms with van der Waals surface area (Å²) >= 11 is 0. The number of nitrogens with one attached hydrogen (secondary N) is 1. The molecule has 0 aromatic heterocycles. The molecule has 25 heavy (non-hydrogen) atoms. The van der Waals surface area contributed by atoms with Crippen LogP contribution in [0.15, 0.2) is 60.7 Å². The molecule has 0 spiro atoms. The van der Waals surface area contributed by atoms with E-state index >= 15 is 0 Å². The molecule has 0 radical (unpaired) electrons. The van der Waals surface area contributed by atoms with Gasteiger partial charge >= 0.3 is 5.97 Å². The summed E-state index contributed by atoms with van der Waals surface area (Å²) in [7, 11) is 0.